The summed E-state index contributed by atoms with van der Waals surface area (Å²) in [4.78, 5) is 7.16. The van der Waals surface area contributed by atoms with E-state index < -0.39 is 0 Å². The maximum absolute atomic E-state index is 5.06. The van der Waals surface area contributed by atoms with Crippen LogP contribution in [-0.4, -0.2) is 9.97 Å². The highest BCUT2D eigenvalue weighted by atomic mass is 32.1. The van der Waals surface area contributed by atoms with Crippen molar-refractivity contribution in [1.82, 2.24) is 9.97 Å². The Kier molecular flexibility index (Phi) is 2.19. The van der Waals surface area contributed by atoms with Crippen LogP contribution in [0.5, 0.6) is 0 Å². The van der Waals surface area contributed by atoms with Crippen molar-refractivity contribution in [3.05, 3.63) is 47.4 Å². The second kappa shape index (κ2) is 3.49. The van der Waals surface area contributed by atoms with Crippen LogP contribution in [0.3, 0.4) is 0 Å². The zero-order chi connectivity index (χ0) is 9.10. The number of nitrogens with one attached hydrogen (secondary N) is 1. The van der Waals surface area contributed by atoms with Crippen LogP contribution in [0.4, 0.5) is 0 Å². The summed E-state index contributed by atoms with van der Waals surface area (Å²) in [6.07, 6.45) is 5.40. The van der Waals surface area contributed by atoms with Crippen LogP contribution in [0.25, 0.3) is 11.3 Å². The minimum absolute atomic E-state index is 0.831. The van der Waals surface area contributed by atoms with Gasteiger partial charge in [-0.25, -0.2) is 0 Å². The van der Waals surface area contributed by atoms with Crippen LogP contribution in [0, 0.1) is 4.51 Å². The fourth-order valence-corrected chi connectivity index (χ4v) is 1.32. The first-order valence-electron chi connectivity index (χ1n) is 3.95. The van der Waals surface area contributed by atoms with Crippen molar-refractivity contribution < 1.29 is 0 Å². The van der Waals surface area contributed by atoms with Crippen LogP contribution in [0.2, 0.25) is 0 Å². The lowest BCUT2D eigenvalue weighted by Gasteiger charge is -1.99. The van der Waals surface area contributed by atoms with Crippen molar-refractivity contribution in [2.75, 3.05) is 0 Å². The molecule has 2 aromatic heterocycles. The molecule has 3 heteroatoms. The molecule has 2 nitrogen and oxygen atoms in total. The standard InChI is InChI=1S/C10H8N2S/c13-9-3-5-12-10(6-9)8-2-1-4-11-7-8/h1-7H,(H,12,13). The van der Waals surface area contributed by atoms with Gasteiger partial charge in [-0.15, -0.1) is 0 Å². The topological polar surface area (TPSA) is 28.7 Å². The summed E-state index contributed by atoms with van der Waals surface area (Å²) in [6.45, 7) is 0. The van der Waals surface area contributed by atoms with E-state index in [2.05, 4.69) is 9.97 Å². The smallest absolute Gasteiger partial charge is 0.0483 e. The minimum Gasteiger partial charge on any atom is -0.361 e. The van der Waals surface area contributed by atoms with Gasteiger partial charge in [0.1, 0.15) is 0 Å². The van der Waals surface area contributed by atoms with E-state index in [1.807, 2.05) is 30.5 Å². The summed E-state index contributed by atoms with van der Waals surface area (Å²) in [5.41, 5.74) is 2.05. The maximum Gasteiger partial charge on any atom is 0.0483 e. The minimum atomic E-state index is 0.831. The van der Waals surface area contributed by atoms with Crippen LogP contribution in [0.1, 0.15) is 0 Å². The Morgan fingerprint density at radius 3 is 2.92 bits per heavy atom. The van der Waals surface area contributed by atoms with E-state index in [4.69, 9.17) is 12.2 Å². The summed E-state index contributed by atoms with van der Waals surface area (Å²) >= 11 is 5.06. The van der Waals surface area contributed by atoms with Crippen LogP contribution >= 0.6 is 12.2 Å². The third-order valence-corrected chi connectivity index (χ3v) is 2.00. The zero-order valence-electron chi connectivity index (χ0n) is 6.90. The molecule has 2 heterocycles. The quantitative estimate of drug-likeness (QED) is 0.697. The zero-order valence-corrected chi connectivity index (χ0v) is 7.71. The molecule has 64 valence electrons. The molecule has 0 saturated carbocycles. The van der Waals surface area contributed by atoms with E-state index in [9.17, 15) is 0 Å². The molecule has 0 amide bonds. The average Bonchev–Trinajstić information content (AvgIpc) is 2.19. The van der Waals surface area contributed by atoms with Crippen molar-refractivity contribution in [3.63, 3.8) is 0 Å². The van der Waals surface area contributed by atoms with E-state index >= 15 is 0 Å². The lowest BCUT2D eigenvalue weighted by atomic mass is 10.2. The monoisotopic (exact) mass is 188 g/mol. The molecule has 1 N–H and O–H groups in total. The van der Waals surface area contributed by atoms with Gasteiger partial charge in [-0.2, -0.15) is 0 Å². The molecule has 0 radical (unpaired) electrons. The number of H-pyrrole nitrogens is 1. The molecule has 0 aliphatic heterocycles. The van der Waals surface area contributed by atoms with E-state index in [1.165, 1.54) is 0 Å². The van der Waals surface area contributed by atoms with E-state index in [0.29, 0.717) is 0 Å². The molecule has 0 fully saturated rings. The number of nitrogens with zero attached hydrogens (tertiary/aromatic N) is 1. The molecular weight excluding hydrogens is 180 g/mol. The highest BCUT2D eigenvalue weighted by Gasteiger charge is 1.94. The molecule has 2 aromatic rings. The number of aromatic amines is 1. The van der Waals surface area contributed by atoms with Gasteiger partial charge in [-0.1, -0.05) is 12.2 Å². The summed E-state index contributed by atoms with van der Waals surface area (Å²) in [5, 5.41) is 0. The number of rotatable bonds is 1. The highest BCUT2D eigenvalue weighted by Crippen LogP contribution is 2.13. The number of aromatic nitrogens is 2. The van der Waals surface area contributed by atoms with Crippen molar-refractivity contribution >= 4 is 12.2 Å². The van der Waals surface area contributed by atoms with Crippen LogP contribution < -0.4 is 0 Å². The first kappa shape index (κ1) is 8.13. The lowest BCUT2D eigenvalue weighted by Crippen LogP contribution is -1.82. The Labute approximate surface area is 81.3 Å². The Hall–Kier alpha value is -1.48. The largest absolute Gasteiger partial charge is 0.361 e. The van der Waals surface area contributed by atoms with E-state index in [1.54, 1.807) is 12.4 Å². The molecule has 0 bridgehead atoms. The summed E-state index contributed by atoms with van der Waals surface area (Å²) in [6, 6.07) is 7.67. The molecule has 0 spiro atoms. The highest BCUT2D eigenvalue weighted by molar-refractivity contribution is 7.71. The van der Waals surface area contributed by atoms with Gasteiger partial charge in [0.2, 0.25) is 0 Å². The predicted molar refractivity (Wildman–Crippen MR) is 54.9 cm³/mol. The SMILES string of the molecule is S=c1cc[nH]c(-c2cccnc2)c1. The van der Waals surface area contributed by atoms with Crippen LogP contribution in [0.15, 0.2) is 42.9 Å². The number of hydrogen-bond donors (Lipinski definition) is 1. The lowest BCUT2D eigenvalue weighted by molar-refractivity contribution is 1.27. The first-order valence-corrected chi connectivity index (χ1v) is 4.36. The Bertz CT molecular complexity index is 448. The fourth-order valence-electron chi connectivity index (χ4n) is 1.13. The Morgan fingerprint density at radius 2 is 2.23 bits per heavy atom. The normalized spacial score (nSPS) is 9.85. The average molecular weight is 188 g/mol. The molecule has 0 aliphatic rings. The number of pyridine rings is 2. The van der Waals surface area contributed by atoms with Gasteiger partial charge in [0, 0.05) is 34.4 Å². The molecule has 2 rings (SSSR count). The molecular formula is C10H8N2S. The van der Waals surface area contributed by atoms with Gasteiger partial charge in [0.15, 0.2) is 0 Å². The molecule has 0 aliphatic carbocycles. The van der Waals surface area contributed by atoms with Crippen molar-refractivity contribution in [1.29, 1.82) is 0 Å². The fraction of sp³-hybridized carbons (Fsp3) is 0. The van der Waals surface area contributed by atoms with Gasteiger partial charge in [-0.3, -0.25) is 4.98 Å². The summed E-state index contributed by atoms with van der Waals surface area (Å²) < 4.78 is 0.831. The third-order valence-electron chi connectivity index (χ3n) is 1.75. The second-order valence-electron chi connectivity index (χ2n) is 2.68. The third kappa shape index (κ3) is 1.81. The van der Waals surface area contributed by atoms with Gasteiger partial charge >= 0.3 is 0 Å². The van der Waals surface area contributed by atoms with Crippen molar-refractivity contribution in [3.8, 4) is 11.3 Å². The first-order chi connectivity index (χ1) is 6.36. The second-order valence-corrected chi connectivity index (χ2v) is 3.15. The maximum atomic E-state index is 5.06. The van der Waals surface area contributed by atoms with Gasteiger partial charge in [0.05, 0.1) is 0 Å². The van der Waals surface area contributed by atoms with Gasteiger partial charge in [0.25, 0.3) is 0 Å². The number of hydrogen-bond acceptors (Lipinski definition) is 2. The molecule has 13 heavy (non-hydrogen) atoms. The van der Waals surface area contributed by atoms with Gasteiger partial charge in [-0.05, 0) is 24.3 Å². The predicted octanol–water partition coefficient (Wildman–Crippen LogP) is 2.81. The summed E-state index contributed by atoms with van der Waals surface area (Å²) in [7, 11) is 0. The van der Waals surface area contributed by atoms with Crippen LogP contribution in [-0.2, 0) is 0 Å². The molecule has 0 aromatic carbocycles. The van der Waals surface area contributed by atoms with E-state index in [0.717, 1.165) is 15.8 Å². The molecule has 0 unspecified atom stereocenters. The van der Waals surface area contributed by atoms with Crippen molar-refractivity contribution in [2.24, 2.45) is 0 Å². The van der Waals surface area contributed by atoms with Gasteiger partial charge < -0.3 is 4.98 Å². The Morgan fingerprint density at radius 1 is 1.31 bits per heavy atom. The van der Waals surface area contributed by atoms with Crippen molar-refractivity contribution in [2.45, 2.75) is 0 Å². The molecule has 0 saturated heterocycles. The Balaban J connectivity index is 2.54. The summed E-state index contributed by atoms with van der Waals surface area (Å²) in [5.74, 6) is 0. The molecule has 0 atom stereocenters. The van der Waals surface area contributed by atoms with E-state index in [-0.39, 0.29) is 0 Å².